The zero-order valence-corrected chi connectivity index (χ0v) is 7.47. The molecule has 0 aromatic heterocycles. The molecule has 1 fully saturated rings. The standard InChI is InChI=1S/C6H14N2O2S/c1-11(9,10)6-2-4-8(7)5-3-6/h6H,2-5,7H2,1H3. The van der Waals surface area contributed by atoms with Crippen molar-refractivity contribution in [2.45, 2.75) is 18.1 Å². The number of nitrogens with two attached hydrogens (primary N) is 1. The number of piperidine rings is 1. The van der Waals surface area contributed by atoms with Gasteiger partial charge in [-0.3, -0.25) is 5.84 Å². The average Bonchev–Trinajstić information content (AvgIpc) is 1.86. The Bertz CT molecular complexity index is 217. The normalized spacial score (nSPS) is 23.8. The van der Waals surface area contributed by atoms with Crippen LogP contribution in [0, 0.1) is 0 Å². The molecule has 66 valence electrons. The molecule has 5 heteroatoms. The number of rotatable bonds is 1. The molecular formula is C6H14N2O2S. The van der Waals surface area contributed by atoms with Gasteiger partial charge in [-0.15, -0.1) is 0 Å². The quantitative estimate of drug-likeness (QED) is 0.543. The second kappa shape index (κ2) is 3.08. The number of hydrazine groups is 1. The largest absolute Gasteiger partial charge is 0.269 e. The van der Waals surface area contributed by atoms with E-state index < -0.39 is 9.84 Å². The minimum absolute atomic E-state index is 0.165. The summed E-state index contributed by atoms with van der Waals surface area (Å²) in [7, 11) is -2.83. The van der Waals surface area contributed by atoms with Crippen LogP contribution in [0.2, 0.25) is 0 Å². The van der Waals surface area contributed by atoms with Gasteiger partial charge in [-0.25, -0.2) is 13.4 Å². The third-order valence-corrected chi connectivity index (χ3v) is 3.76. The fourth-order valence-electron chi connectivity index (χ4n) is 1.30. The summed E-state index contributed by atoms with van der Waals surface area (Å²) in [5, 5.41) is 1.50. The molecule has 0 amide bonds. The van der Waals surface area contributed by atoms with Crippen LogP contribution in [0.1, 0.15) is 12.8 Å². The van der Waals surface area contributed by atoms with Crippen LogP contribution in [0.25, 0.3) is 0 Å². The van der Waals surface area contributed by atoms with Gasteiger partial charge in [0.15, 0.2) is 0 Å². The minimum Gasteiger partial charge on any atom is -0.269 e. The molecule has 0 aliphatic carbocycles. The second-order valence-electron chi connectivity index (χ2n) is 3.06. The summed E-state index contributed by atoms with van der Waals surface area (Å²) >= 11 is 0. The van der Waals surface area contributed by atoms with Gasteiger partial charge < -0.3 is 0 Å². The van der Waals surface area contributed by atoms with E-state index in [1.807, 2.05) is 0 Å². The van der Waals surface area contributed by atoms with Crippen LogP contribution in [0.15, 0.2) is 0 Å². The van der Waals surface area contributed by atoms with Crippen molar-refractivity contribution < 1.29 is 8.42 Å². The minimum atomic E-state index is -2.83. The molecule has 0 spiro atoms. The van der Waals surface area contributed by atoms with Crippen molar-refractivity contribution in [1.82, 2.24) is 5.01 Å². The average molecular weight is 178 g/mol. The molecule has 0 atom stereocenters. The lowest BCUT2D eigenvalue weighted by Gasteiger charge is -2.26. The van der Waals surface area contributed by atoms with E-state index in [9.17, 15) is 8.42 Å². The molecule has 0 aromatic rings. The van der Waals surface area contributed by atoms with Crippen molar-refractivity contribution in [3.05, 3.63) is 0 Å². The maximum Gasteiger partial charge on any atom is 0.150 e. The zero-order chi connectivity index (χ0) is 8.48. The van der Waals surface area contributed by atoms with Gasteiger partial charge in [0.05, 0.1) is 5.25 Å². The zero-order valence-electron chi connectivity index (χ0n) is 6.66. The number of sulfone groups is 1. The molecule has 0 aromatic carbocycles. The SMILES string of the molecule is CS(=O)(=O)C1CCN(N)CC1. The van der Waals surface area contributed by atoms with Crippen LogP contribution >= 0.6 is 0 Å². The molecule has 0 radical (unpaired) electrons. The molecule has 0 saturated carbocycles. The summed E-state index contributed by atoms with van der Waals surface area (Å²) in [6, 6.07) is 0. The predicted molar refractivity (Wildman–Crippen MR) is 43.6 cm³/mol. The van der Waals surface area contributed by atoms with E-state index >= 15 is 0 Å². The van der Waals surface area contributed by atoms with E-state index in [4.69, 9.17) is 5.84 Å². The first kappa shape index (κ1) is 8.96. The van der Waals surface area contributed by atoms with Gasteiger partial charge in [0.2, 0.25) is 0 Å². The van der Waals surface area contributed by atoms with Crippen molar-refractivity contribution in [1.29, 1.82) is 0 Å². The first-order chi connectivity index (χ1) is 5.00. The van der Waals surface area contributed by atoms with Crippen molar-refractivity contribution in [2.75, 3.05) is 19.3 Å². The van der Waals surface area contributed by atoms with Gasteiger partial charge in [0, 0.05) is 19.3 Å². The monoisotopic (exact) mass is 178 g/mol. The summed E-state index contributed by atoms with van der Waals surface area (Å²) in [5.41, 5.74) is 0. The highest BCUT2D eigenvalue weighted by Gasteiger charge is 2.24. The van der Waals surface area contributed by atoms with Gasteiger partial charge in [0.1, 0.15) is 9.84 Å². The lowest BCUT2D eigenvalue weighted by Crippen LogP contribution is -2.42. The topological polar surface area (TPSA) is 63.4 Å². The first-order valence-corrected chi connectivity index (χ1v) is 5.64. The molecule has 1 aliphatic heterocycles. The van der Waals surface area contributed by atoms with Gasteiger partial charge in [-0.2, -0.15) is 0 Å². The van der Waals surface area contributed by atoms with Gasteiger partial charge >= 0.3 is 0 Å². The summed E-state index contributed by atoms with van der Waals surface area (Å²) in [4.78, 5) is 0. The third-order valence-electron chi connectivity index (χ3n) is 2.08. The molecule has 4 nitrogen and oxygen atoms in total. The number of hydrogen-bond acceptors (Lipinski definition) is 4. The molecule has 1 heterocycles. The van der Waals surface area contributed by atoms with E-state index in [2.05, 4.69) is 0 Å². The van der Waals surface area contributed by atoms with Gasteiger partial charge in [-0.1, -0.05) is 0 Å². The molecule has 0 bridgehead atoms. The fraction of sp³-hybridized carbons (Fsp3) is 1.00. The summed E-state index contributed by atoms with van der Waals surface area (Å²) in [6.45, 7) is 1.38. The van der Waals surface area contributed by atoms with Crippen LogP contribution < -0.4 is 5.84 Å². The van der Waals surface area contributed by atoms with Gasteiger partial charge in [-0.05, 0) is 12.8 Å². The molecule has 0 unspecified atom stereocenters. The van der Waals surface area contributed by atoms with E-state index in [0.29, 0.717) is 25.9 Å². The van der Waals surface area contributed by atoms with E-state index in [-0.39, 0.29) is 5.25 Å². The molecule has 2 N–H and O–H groups in total. The number of hydrogen-bond donors (Lipinski definition) is 1. The Kier molecular flexibility index (Phi) is 2.51. The highest BCUT2D eigenvalue weighted by atomic mass is 32.2. The maximum atomic E-state index is 11.0. The third kappa shape index (κ3) is 2.43. The lowest BCUT2D eigenvalue weighted by atomic mass is 10.1. The highest BCUT2D eigenvalue weighted by molar-refractivity contribution is 7.91. The highest BCUT2D eigenvalue weighted by Crippen LogP contribution is 2.14. The Labute approximate surface area is 67.3 Å². The van der Waals surface area contributed by atoms with Crippen molar-refractivity contribution in [2.24, 2.45) is 5.84 Å². The summed E-state index contributed by atoms with van der Waals surface area (Å²) < 4.78 is 22.1. The Morgan fingerprint density at radius 2 is 1.82 bits per heavy atom. The predicted octanol–water partition coefficient (Wildman–Crippen LogP) is -0.631. The van der Waals surface area contributed by atoms with Gasteiger partial charge in [0.25, 0.3) is 0 Å². The van der Waals surface area contributed by atoms with Crippen molar-refractivity contribution in [3.8, 4) is 0 Å². The summed E-state index contributed by atoms with van der Waals surface area (Å²) in [5.74, 6) is 5.48. The van der Waals surface area contributed by atoms with Crippen LogP contribution in [0.4, 0.5) is 0 Å². The van der Waals surface area contributed by atoms with E-state index in [1.165, 1.54) is 6.26 Å². The van der Waals surface area contributed by atoms with Crippen molar-refractivity contribution in [3.63, 3.8) is 0 Å². The van der Waals surface area contributed by atoms with E-state index in [1.54, 1.807) is 5.01 Å². The Morgan fingerprint density at radius 1 is 1.36 bits per heavy atom. The first-order valence-electron chi connectivity index (χ1n) is 3.68. The second-order valence-corrected chi connectivity index (χ2v) is 5.39. The lowest BCUT2D eigenvalue weighted by molar-refractivity contribution is 0.236. The van der Waals surface area contributed by atoms with Crippen LogP contribution in [0.5, 0.6) is 0 Å². The Balaban J connectivity index is 2.53. The molecular weight excluding hydrogens is 164 g/mol. The maximum absolute atomic E-state index is 11.0. The number of nitrogens with zero attached hydrogens (tertiary/aromatic N) is 1. The molecule has 1 aliphatic rings. The Morgan fingerprint density at radius 3 is 2.18 bits per heavy atom. The molecule has 1 saturated heterocycles. The Hall–Kier alpha value is -0.130. The smallest absolute Gasteiger partial charge is 0.150 e. The summed E-state index contributed by atoms with van der Waals surface area (Å²) in [6.07, 6.45) is 2.65. The van der Waals surface area contributed by atoms with Crippen LogP contribution in [0.3, 0.4) is 0 Å². The molecule has 11 heavy (non-hydrogen) atoms. The fourth-order valence-corrected chi connectivity index (χ4v) is 2.37. The van der Waals surface area contributed by atoms with Crippen LogP contribution in [-0.2, 0) is 9.84 Å². The van der Waals surface area contributed by atoms with Crippen LogP contribution in [-0.4, -0.2) is 38.0 Å². The van der Waals surface area contributed by atoms with Crippen molar-refractivity contribution >= 4 is 9.84 Å². The van der Waals surface area contributed by atoms with E-state index in [0.717, 1.165) is 0 Å². The molecule has 1 rings (SSSR count).